The Bertz CT molecular complexity index is 407. The van der Waals surface area contributed by atoms with Crippen LogP contribution in [0.5, 0.6) is 0 Å². The van der Waals surface area contributed by atoms with Crippen LogP contribution in [0.3, 0.4) is 0 Å². The second-order valence-corrected chi connectivity index (χ2v) is 4.75. The zero-order valence-electron chi connectivity index (χ0n) is 9.56. The van der Waals surface area contributed by atoms with Crippen molar-refractivity contribution in [3.8, 4) is 0 Å². The highest BCUT2D eigenvalue weighted by molar-refractivity contribution is 9.10. The van der Waals surface area contributed by atoms with Gasteiger partial charge in [-0.05, 0) is 31.0 Å². The van der Waals surface area contributed by atoms with Crippen molar-refractivity contribution in [2.24, 2.45) is 0 Å². The first kappa shape index (κ1) is 15.0. The summed E-state index contributed by atoms with van der Waals surface area (Å²) in [6, 6.07) is 6.82. The van der Waals surface area contributed by atoms with E-state index in [0.29, 0.717) is 12.0 Å². The molecule has 100 valence electrons. The molecule has 0 saturated carbocycles. The van der Waals surface area contributed by atoms with Crippen LogP contribution in [0, 0.1) is 0 Å². The van der Waals surface area contributed by atoms with Crippen LogP contribution in [-0.2, 0) is 0 Å². The number of benzene rings is 1. The number of amides is 1. The fourth-order valence-electron chi connectivity index (χ4n) is 1.38. The predicted molar refractivity (Wildman–Crippen MR) is 66.4 cm³/mol. The number of hydrogen-bond acceptors (Lipinski definition) is 1. The van der Waals surface area contributed by atoms with Gasteiger partial charge in [0.25, 0.3) is 5.91 Å². The number of alkyl halides is 3. The molecule has 0 aromatic heterocycles. The Morgan fingerprint density at radius 1 is 1.28 bits per heavy atom. The smallest absolute Gasteiger partial charge is 0.352 e. The largest absolute Gasteiger partial charge is 0.389 e. The minimum atomic E-state index is -4.12. The van der Waals surface area contributed by atoms with Gasteiger partial charge in [-0.2, -0.15) is 13.2 Å². The van der Waals surface area contributed by atoms with Crippen molar-refractivity contribution in [3.05, 3.63) is 34.3 Å². The second-order valence-electron chi connectivity index (χ2n) is 3.84. The van der Waals surface area contributed by atoms with Gasteiger partial charge in [-0.25, -0.2) is 0 Å². The molecule has 1 rings (SSSR count). The van der Waals surface area contributed by atoms with Crippen LogP contribution >= 0.6 is 15.9 Å². The summed E-state index contributed by atoms with van der Waals surface area (Å²) in [4.78, 5) is 11.6. The number of carbonyl (C=O) groups excluding carboxylic acids is 1. The summed E-state index contributed by atoms with van der Waals surface area (Å²) in [7, 11) is 0. The van der Waals surface area contributed by atoms with Crippen molar-refractivity contribution in [1.82, 2.24) is 5.32 Å². The normalized spacial score (nSPS) is 11.3. The molecule has 0 atom stereocenters. The predicted octanol–water partition coefficient (Wildman–Crippen LogP) is 3.91. The van der Waals surface area contributed by atoms with E-state index in [1.807, 2.05) is 0 Å². The maximum Gasteiger partial charge on any atom is 0.389 e. The fourth-order valence-corrected chi connectivity index (χ4v) is 1.78. The number of rotatable bonds is 5. The standard InChI is InChI=1S/C12H13BrF3NO/c13-10-5-3-4-9(8-10)11(18)17-7-2-1-6-12(14,15)16/h3-5,8H,1-2,6-7H2,(H,17,18). The summed E-state index contributed by atoms with van der Waals surface area (Å²) in [5.74, 6) is -0.275. The molecular formula is C12H13BrF3NO. The van der Waals surface area contributed by atoms with E-state index in [9.17, 15) is 18.0 Å². The number of hydrogen-bond donors (Lipinski definition) is 1. The van der Waals surface area contributed by atoms with E-state index in [-0.39, 0.29) is 18.9 Å². The van der Waals surface area contributed by atoms with Gasteiger partial charge in [0, 0.05) is 23.0 Å². The zero-order chi connectivity index (χ0) is 13.6. The van der Waals surface area contributed by atoms with E-state index < -0.39 is 12.6 Å². The van der Waals surface area contributed by atoms with Crippen molar-refractivity contribution in [2.75, 3.05) is 6.54 Å². The maximum atomic E-state index is 11.9. The summed E-state index contributed by atoms with van der Waals surface area (Å²) in [5, 5.41) is 2.59. The van der Waals surface area contributed by atoms with Gasteiger partial charge in [-0.3, -0.25) is 4.79 Å². The lowest BCUT2D eigenvalue weighted by Gasteiger charge is -2.07. The number of unbranched alkanes of at least 4 members (excludes halogenated alkanes) is 1. The monoisotopic (exact) mass is 323 g/mol. The Balaban J connectivity index is 2.26. The first-order chi connectivity index (χ1) is 8.38. The van der Waals surface area contributed by atoms with Crippen LogP contribution in [0.15, 0.2) is 28.7 Å². The molecular weight excluding hydrogens is 311 g/mol. The zero-order valence-corrected chi connectivity index (χ0v) is 11.1. The van der Waals surface area contributed by atoms with Gasteiger partial charge in [0.1, 0.15) is 0 Å². The van der Waals surface area contributed by atoms with Crippen molar-refractivity contribution >= 4 is 21.8 Å². The van der Waals surface area contributed by atoms with Crippen molar-refractivity contribution < 1.29 is 18.0 Å². The Labute approximate surface area is 112 Å². The van der Waals surface area contributed by atoms with E-state index in [0.717, 1.165) is 4.47 Å². The van der Waals surface area contributed by atoms with E-state index in [1.165, 1.54) is 0 Å². The van der Waals surface area contributed by atoms with E-state index in [1.54, 1.807) is 24.3 Å². The molecule has 1 amide bonds. The molecule has 6 heteroatoms. The molecule has 1 N–H and O–H groups in total. The van der Waals surface area contributed by atoms with Crippen LogP contribution in [0.2, 0.25) is 0 Å². The van der Waals surface area contributed by atoms with Gasteiger partial charge >= 0.3 is 6.18 Å². The molecule has 0 unspecified atom stereocenters. The van der Waals surface area contributed by atoms with Crippen LogP contribution in [-0.4, -0.2) is 18.6 Å². The highest BCUT2D eigenvalue weighted by Gasteiger charge is 2.25. The Hall–Kier alpha value is -1.04. The van der Waals surface area contributed by atoms with Crippen LogP contribution < -0.4 is 5.32 Å². The molecule has 0 fully saturated rings. The number of halogens is 4. The van der Waals surface area contributed by atoms with Gasteiger partial charge in [0.15, 0.2) is 0 Å². The molecule has 1 aromatic carbocycles. The topological polar surface area (TPSA) is 29.1 Å². The average Bonchev–Trinajstić information content (AvgIpc) is 2.26. The molecule has 0 spiro atoms. The summed E-state index contributed by atoms with van der Waals surface area (Å²) < 4.78 is 36.4. The minimum Gasteiger partial charge on any atom is -0.352 e. The molecule has 0 bridgehead atoms. The second kappa shape index (κ2) is 6.78. The summed E-state index contributed by atoms with van der Waals surface area (Å²) in [6.07, 6.45) is -4.57. The SMILES string of the molecule is O=C(NCCCCC(F)(F)F)c1cccc(Br)c1. The highest BCUT2D eigenvalue weighted by atomic mass is 79.9. The number of nitrogens with one attached hydrogen (secondary N) is 1. The van der Waals surface area contributed by atoms with E-state index in [4.69, 9.17) is 0 Å². The third kappa shape index (κ3) is 6.05. The van der Waals surface area contributed by atoms with Gasteiger partial charge in [-0.15, -0.1) is 0 Å². The van der Waals surface area contributed by atoms with Gasteiger partial charge < -0.3 is 5.32 Å². The van der Waals surface area contributed by atoms with Crippen molar-refractivity contribution in [3.63, 3.8) is 0 Å². The van der Waals surface area contributed by atoms with Crippen molar-refractivity contribution in [2.45, 2.75) is 25.4 Å². The van der Waals surface area contributed by atoms with Crippen molar-refractivity contribution in [1.29, 1.82) is 0 Å². The molecule has 0 aliphatic rings. The highest BCUT2D eigenvalue weighted by Crippen LogP contribution is 2.21. The van der Waals surface area contributed by atoms with E-state index >= 15 is 0 Å². The fraction of sp³-hybridized carbons (Fsp3) is 0.417. The summed E-state index contributed by atoms with van der Waals surface area (Å²) >= 11 is 3.24. The number of carbonyl (C=O) groups is 1. The molecule has 2 nitrogen and oxygen atoms in total. The van der Waals surface area contributed by atoms with Crippen LogP contribution in [0.4, 0.5) is 13.2 Å². The first-order valence-corrected chi connectivity index (χ1v) is 6.28. The first-order valence-electron chi connectivity index (χ1n) is 5.49. The summed E-state index contributed by atoms with van der Waals surface area (Å²) in [6.45, 7) is 0.251. The Morgan fingerprint density at radius 2 is 2.00 bits per heavy atom. The Kier molecular flexibility index (Phi) is 5.65. The molecule has 0 aliphatic heterocycles. The molecule has 0 aliphatic carbocycles. The average molecular weight is 324 g/mol. The molecule has 0 heterocycles. The van der Waals surface area contributed by atoms with Gasteiger partial charge in [0.2, 0.25) is 0 Å². The third-order valence-electron chi connectivity index (χ3n) is 2.26. The van der Waals surface area contributed by atoms with E-state index in [2.05, 4.69) is 21.2 Å². The van der Waals surface area contributed by atoms with Gasteiger partial charge in [-0.1, -0.05) is 22.0 Å². The lowest BCUT2D eigenvalue weighted by Crippen LogP contribution is -2.24. The third-order valence-corrected chi connectivity index (χ3v) is 2.75. The quantitative estimate of drug-likeness (QED) is 0.818. The van der Waals surface area contributed by atoms with Gasteiger partial charge in [0.05, 0.1) is 0 Å². The minimum absolute atomic E-state index is 0.0300. The molecule has 18 heavy (non-hydrogen) atoms. The molecule has 0 radical (unpaired) electrons. The van der Waals surface area contributed by atoms with Crippen LogP contribution in [0.1, 0.15) is 29.6 Å². The lowest BCUT2D eigenvalue weighted by molar-refractivity contribution is -0.135. The molecule has 1 aromatic rings. The molecule has 0 saturated heterocycles. The lowest BCUT2D eigenvalue weighted by atomic mass is 10.2. The summed E-state index contributed by atoms with van der Waals surface area (Å²) in [5.41, 5.74) is 0.486. The van der Waals surface area contributed by atoms with Crippen LogP contribution in [0.25, 0.3) is 0 Å². The Morgan fingerprint density at radius 3 is 2.61 bits per heavy atom. The maximum absolute atomic E-state index is 11.9.